The number of anilines is 1. The minimum atomic E-state index is 0.0585. The third-order valence-electron chi connectivity index (χ3n) is 4.20. The van der Waals surface area contributed by atoms with Crippen LogP contribution in [-0.2, 0) is 0 Å². The maximum Gasteiger partial charge on any atom is 0.115 e. The van der Waals surface area contributed by atoms with E-state index in [9.17, 15) is 5.11 Å². The molecule has 0 fully saturated rings. The van der Waals surface area contributed by atoms with Gasteiger partial charge in [-0.05, 0) is 41.5 Å². The second-order valence-corrected chi connectivity index (χ2v) is 5.80. The molecule has 4 rings (SSSR count). The fraction of sp³-hybridized carbons (Fsp3) is 0.0476. The Kier molecular flexibility index (Phi) is 3.67. The summed E-state index contributed by atoms with van der Waals surface area (Å²) in [6, 6.07) is 28.0. The van der Waals surface area contributed by atoms with Gasteiger partial charge in [-0.25, -0.2) is 0 Å². The normalized spacial score (nSPS) is 16.6. The largest absolute Gasteiger partial charge is 0.508 e. The van der Waals surface area contributed by atoms with Crippen molar-refractivity contribution in [3.8, 4) is 5.75 Å². The minimum absolute atomic E-state index is 0.0585. The van der Waals surface area contributed by atoms with E-state index in [-0.39, 0.29) is 11.8 Å². The first-order valence-corrected chi connectivity index (χ1v) is 7.98. The van der Waals surface area contributed by atoms with Gasteiger partial charge in [-0.1, -0.05) is 60.7 Å². The molecule has 3 nitrogen and oxygen atoms in total. The predicted molar refractivity (Wildman–Crippen MR) is 97.3 cm³/mol. The van der Waals surface area contributed by atoms with Crippen LogP contribution in [0.5, 0.6) is 5.75 Å². The molecule has 24 heavy (non-hydrogen) atoms. The Labute approximate surface area is 141 Å². The number of benzene rings is 3. The van der Waals surface area contributed by atoms with E-state index in [2.05, 4.69) is 40.8 Å². The van der Waals surface area contributed by atoms with Crippen LogP contribution in [0.2, 0.25) is 0 Å². The van der Waals surface area contributed by atoms with Crippen molar-refractivity contribution in [1.82, 2.24) is 5.43 Å². The molecule has 0 saturated carbocycles. The zero-order valence-electron chi connectivity index (χ0n) is 13.1. The molecule has 0 saturated heterocycles. The Bertz CT molecular complexity index is 842. The first-order valence-electron chi connectivity index (χ1n) is 7.98. The molecule has 1 aliphatic heterocycles. The number of nitrogens with one attached hydrogen (secondary N) is 1. The average Bonchev–Trinajstić information content (AvgIpc) is 3.09. The number of hydrogen-bond donors (Lipinski definition) is 2. The van der Waals surface area contributed by atoms with Crippen molar-refractivity contribution in [3.63, 3.8) is 0 Å². The first-order chi connectivity index (χ1) is 11.8. The van der Waals surface area contributed by atoms with Crippen molar-refractivity contribution in [3.05, 3.63) is 102 Å². The molecule has 2 N–H and O–H groups in total. The summed E-state index contributed by atoms with van der Waals surface area (Å²) >= 11 is 0. The number of phenols is 1. The van der Waals surface area contributed by atoms with Crippen LogP contribution in [-0.4, -0.2) is 5.11 Å². The molecule has 0 spiro atoms. The zero-order valence-corrected chi connectivity index (χ0v) is 13.1. The Hall–Kier alpha value is -3.20. The van der Waals surface area contributed by atoms with Gasteiger partial charge in [-0.2, -0.15) is 0 Å². The van der Waals surface area contributed by atoms with Crippen molar-refractivity contribution in [2.24, 2.45) is 0 Å². The molecule has 1 aliphatic rings. The number of aromatic hydroxyl groups is 1. The maximum absolute atomic E-state index is 9.57. The van der Waals surface area contributed by atoms with E-state index < -0.39 is 0 Å². The fourth-order valence-electron chi connectivity index (χ4n) is 2.98. The van der Waals surface area contributed by atoms with Crippen LogP contribution in [0.3, 0.4) is 0 Å². The zero-order chi connectivity index (χ0) is 16.4. The van der Waals surface area contributed by atoms with E-state index in [0.717, 1.165) is 22.5 Å². The summed E-state index contributed by atoms with van der Waals surface area (Å²) in [5.41, 5.74) is 7.97. The van der Waals surface area contributed by atoms with Gasteiger partial charge in [0.1, 0.15) is 5.75 Å². The molecule has 0 amide bonds. The molecule has 1 atom stereocenters. The molecular formula is C21H18N2O. The van der Waals surface area contributed by atoms with Crippen LogP contribution in [0.25, 0.3) is 5.70 Å². The molecule has 0 radical (unpaired) electrons. The van der Waals surface area contributed by atoms with Crippen LogP contribution in [0.1, 0.15) is 17.2 Å². The highest BCUT2D eigenvalue weighted by Crippen LogP contribution is 2.35. The van der Waals surface area contributed by atoms with E-state index in [1.165, 1.54) is 0 Å². The number of hydrazine groups is 1. The van der Waals surface area contributed by atoms with Gasteiger partial charge in [-0.15, -0.1) is 0 Å². The van der Waals surface area contributed by atoms with Crippen LogP contribution in [0.15, 0.2) is 91.0 Å². The van der Waals surface area contributed by atoms with Crippen LogP contribution < -0.4 is 10.4 Å². The van der Waals surface area contributed by atoms with Gasteiger partial charge in [0.15, 0.2) is 0 Å². The molecule has 1 unspecified atom stereocenters. The molecule has 0 aliphatic carbocycles. The number of phenolic OH excluding ortho intramolecular Hbond substituents is 1. The lowest BCUT2D eigenvalue weighted by atomic mass is 10.0. The van der Waals surface area contributed by atoms with Crippen molar-refractivity contribution in [2.75, 3.05) is 5.01 Å². The maximum atomic E-state index is 9.57. The van der Waals surface area contributed by atoms with E-state index in [1.54, 1.807) is 12.1 Å². The highest BCUT2D eigenvalue weighted by Gasteiger charge is 2.26. The number of para-hydroxylation sites is 1. The average molecular weight is 314 g/mol. The number of nitrogens with zero attached hydrogens (tertiary/aromatic N) is 1. The lowest BCUT2D eigenvalue weighted by Gasteiger charge is -2.27. The van der Waals surface area contributed by atoms with E-state index in [1.807, 2.05) is 48.5 Å². The smallest absolute Gasteiger partial charge is 0.115 e. The molecular weight excluding hydrogens is 296 g/mol. The predicted octanol–water partition coefficient (Wildman–Crippen LogP) is 4.50. The standard InChI is InChI=1S/C21H18N2O/c24-19-13-11-17(12-14-19)21-15-20(16-7-3-1-4-8-16)22-23(21)18-9-5-2-6-10-18/h1-15,21-22,24H. The van der Waals surface area contributed by atoms with Crippen LogP contribution in [0.4, 0.5) is 5.69 Å². The van der Waals surface area contributed by atoms with E-state index in [0.29, 0.717) is 0 Å². The fourth-order valence-corrected chi connectivity index (χ4v) is 2.98. The SMILES string of the molecule is Oc1ccc(C2C=C(c3ccccc3)NN2c2ccccc2)cc1. The summed E-state index contributed by atoms with van der Waals surface area (Å²) in [5.74, 6) is 0.281. The second kappa shape index (κ2) is 6.13. The van der Waals surface area contributed by atoms with E-state index >= 15 is 0 Å². The second-order valence-electron chi connectivity index (χ2n) is 5.80. The molecule has 118 valence electrons. The Morgan fingerprint density at radius 1 is 0.750 bits per heavy atom. The lowest BCUT2D eigenvalue weighted by Crippen LogP contribution is -2.33. The molecule has 3 heteroatoms. The van der Waals surface area contributed by atoms with Gasteiger partial charge in [0.25, 0.3) is 0 Å². The third kappa shape index (κ3) is 2.72. The van der Waals surface area contributed by atoms with Gasteiger partial charge < -0.3 is 5.11 Å². The summed E-state index contributed by atoms with van der Waals surface area (Å²) in [6.07, 6.45) is 2.22. The Balaban J connectivity index is 1.75. The summed E-state index contributed by atoms with van der Waals surface area (Å²) < 4.78 is 0. The molecule has 0 aromatic heterocycles. The van der Waals surface area contributed by atoms with Crippen LogP contribution in [0, 0.1) is 0 Å². The van der Waals surface area contributed by atoms with Gasteiger partial charge in [0.05, 0.1) is 17.4 Å². The summed E-state index contributed by atoms with van der Waals surface area (Å²) in [7, 11) is 0. The van der Waals surface area contributed by atoms with Gasteiger partial charge in [0, 0.05) is 0 Å². The minimum Gasteiger partial charge on any atom is -0.508 e. The van der Waals surface area contributed by atoms with Crippen molar-refractivity contribution in [2.45, 2.75) is 6.04 Å². The monoisotopic (exact) mass is 314 g/mol. The summed E-state index contributed by atoms with van der Waals surface area (Å²) in [4.78, 5) is 0. The van der Waals surface area contributed by atoms with Gasteiger partial charge >= 0.3 is 0 Å². The van der Waals surface area contributed by atoms with Gasteiger partial charge in [0.2, 0.25) is 0 Å². The number of rotatable bonds is 3. The highest BCUT2D eigenvalue weighted by atomic mass is 16.3. The quantitative estimate of drug-likeness (QED) is 0.747. The van der Waals surface area contributed by atoms with Crippen LogP contribution >= 0.6 is 0 Å². The number of hydrogen-bond acceptors (Lipinski definition) is 3. The molecule has 3 aromatic carbocycles. The topological polar surface area (TPSA) is 35.5 Å². The first kappa shape index (κ1) is 14.4. The molecule has 0 bridgehead atoms. The van der Waals surface area contributed by atoms with Crippen molar-refractivity contribution < 1.29 is 5.11 Å². The van der Waals surface area contributed by atoms with E-state index in [4.69, 9.17) is 0 Å². The summed E-state index contributed by atoms with van der Waals surface area (Å²) in [5, 5.41) is 11.7. The lowest BCUT2D eigenvalue weighted by molar-refractivity contribution is 0.475. The Morgan fingerprint density at radius 2 is 1.38 bits per heavy atom. The summed E-state index contributed by atoms with van der Waals surface area (Å²) in [6.45, 7) is 0. The van der Waals surface area contributed by atoms with Crippen molar-refractivity contribution in [1.29, 1.82) is 0 Å². The molecule has 1 heterocycles. The van der Waals surface area contributed by atoms with Gasteiger partial charge in [-0.3, -0.25) is 10.4 Å². The highest BCUT2D eigenvalue weighted by molar-refractivity contribution is 5.72. The van der Waals surface area contributed by atoms with Crippen molar-refractivity contribution >= 4 is 11.4 Å². The Morgan fingerprint density at radius 3 is 2.04 bits per heavy atom. The molecule has 3 aromatic rings. The third-order valence-corrected chi connectivity index (χ3v) is 4.20.